The number of carbonyl (C=O) groups is 2. The normalized spacial score (nSPS) is 14.6. The smallest absolute Gasteiger partial charge is 0.244 e. The Morgan fingerprint density at radius 3 is 2.58 bits per heavy atom. The second-order valence-corrected chi connectivity index (χ2v) is 6.34. The van der Waals surface area contributed by atoms with E-state index in [9.17, 15) is 14.0 Å². The first-order chi connectivity index (χ1) is 12.5. The van der Waals surface area contributed by atoms with Gasteiger partial charge in [0.25, 0.3) is 0 Å². The van der Waals surface area contributed by atoms with E-state index in [1.807, 2.05) is 24.3 Å². The zero-order valence-electron chi connectivity index (χ0n) is 14.7. The Hall–Kier alpha value is -2.95. The lowest BCUT2D eigenvalue weighted by Crippen LogP contribution is -2.24. The number of anilines is 1. The lowest BCUT2D eigenvalue weighted by Gasteiger charge is -2.16. The number of amides is 2. The summed E-state index contributed by atoms with van der Waals surface area (Å²) < 4.78 is 13.7. The number of halogens is 1. The lowest BCUT2D eigenvalue weighted by atomic mass is 10.1. The van der Waals surface area contributed by atoms with Crippen LogP contribution in [0.4, 0.5) is 10.1 Å². The third-order valence-electron chi connectivity index (χ3n) is 4.43. The van der Waals surface area contributed by atoms with E-state index in [2.05, 4.69) is 5.32 Å². The van der Waals surface area contributed by atoms with Crippen molar-refractivity contribution in [3.05, 3.63) is 71.6 Å². The first-order valence-electron chi connectivity index (χ1n) is 8.65. The monoisotopic (exact) mass is 352 g/mol. The first kappa shape index (κ1) is 17.9. The Kier molecular flexibility index (Phi) is 5.46. The van der Waals surface area contributed by atoms with E-state index in [4.69, 9.17) is 0 Å². The number of allylic oxidation sites excluding steroid dienone is 1. The molecule has 1 fully saturated rings. The molecular weight excluding hydrogens is 331 g/mol. The van der Waals surface area contributed by atoms with Crippen molar-refractivity contribution < 1.29 is 14.0 Å². The standard InChI is InChI=1S/C21H21FN2O2/c1-15(18-5-2-3-6-19(18)22)13-20(25)23-14-16-8-10-17(11-9-16)24-12-4-7-21(24)26/h2-3,5-6,8-11,13H,4,7,12,14H2,1H3,(H,23,25). The van der Waals surface area contributed by atoms with Crippen molar-refractivity contribution in [3.8, 4) is 0 Å². The van der Waals surface area contributed by atoms with Crippen molar-refractivity contribution in [2.45, 2.75) is 26.3 Å². The maximum atomic E-state index is 13.7. The summed E-state index contributed by atoms with van der Waals surface area (Å²) in [7, 11) is 0. The number of nitrogens with one attached hydrogen (secondary N) is 1. The summed E-state index contributed by atoms with van der Waals surface area (Å²) in [5, 5.41) is 2.80. The van der Waals surface area contributed by atoms with Crippen molar-refractivity contribution in [2.75, 3.05) is 11.4 Å². The minimum Gasteiger partial charge on any atom is -0.348 e. The minimum atomic E-state index is -0.346. The molecule has 26 heavy (non-hydrogen) atoms. The molecule has 1 heterocycles. The summed E-state index contributed by atoms with van der Waals surface area (Å²) in [6, 6.07) is 14.0. The SMILES string of the molecule is CC(=CC(=O)NCc1ccc(N2CCCC2=O)cc1)c1ccccc1F. The highest BCUT2D eigenvalue weighted by atomic mass is 19.1. The van der Waals surface area contributed by atoms with Gasteiger partial charge in [0.15, 0.2) is 0 Å². The molecule has 134 valence electrons. The highest BCUT2D eigenvalue weighted by Gasteiger charge is 2.21. The van der Waals surface area contributed by atoms with Crippen LogP contribution in [0.25, 0.3) is 5.57 Å². The Morgan fingerprint density at radius 2 is 1.92 bits per heavy atom. The average Bonchev–Trinajstić information content (AvgIpc) is 3.06. The predicted molar refractivity (Wildman–Crippen MR) is 99.9 cm³/mol. The van der Waals surface area contributed by atoms with Crippen molar-refractivity contribution in [3.63, 3.8) is 0 Å². The minimum absolute atomic E-state index is 0.153. The molecule has 0 atom stereocenters. The molecule has 1 N–H and O–H groups in total. The molecule has 0 bridgehead atoms. The van der Waals surface area contributed by atoms with Gasteiger partial charge in [-0.3, -0.25) is 9.59 Å². The zero-order chi connectivity index (χ0) is 18.5. The molecule has 1 aliphatic rings. The van der Waals surface area contributed by atoms with E-state index in [0.717, 1.165) is 24.2 Å². The van der Waals surface area contributed by atoms with E-state index in [1.54, 1.807) is 30.0 Å². The number of carbonyl (C=O) groups excluding carboxylic acids is 2. The quantitative estimate of drug-likeness (QED) is 0.835. The maximum Gasteiger partial charge on any atom is 0.244 e. The van der Waals surface area contributed by atoms with Gasteiger partial charge in [-0.15, -0.1) is 0 Å². The largest absolute Gasteiger partial charge is 0.348 e. The van der Waals surface area contributed by atoms with Crippen LogP contribution in [0.2, 0.25) is 0 Å². The Bertz CT molecular complexity index is 843. The number of benzene rings is 2. The first-order valence-corrected chi connectivity index (χ1v) is 8.65. The highest BCUT2D eigenvalue weighted by Crippen LogP contribution is 2.21. The summed E-state index contributed by atoms with van der Waals surface area (Å²) >= 11 is 0. The third-order valence-corrected chi connectivity index (χ3v) is 4.43. The predicted octanol–water partition coefficient (Wildman–Crippen LogP) is 3.67. The summed E-state index contributed by atoms with van der Waals surface area (Å²) in [5.41, 5.74) is 2.81. The van der Waals surface area contributed by atoms with Gasteiger partial charge >= 0.3 is 0 Å². The Morgan fingerprint density at radius 1 is 1.19 bits per heavy atom. The van der Waals surface area contributed by atoms with Gasteiger partial charge in [-0.1, -0.05) is 30.3 Å². The van der Waals surface area contributed by atoms with Crippen LogP contribution >= 0.6 is 0 Å². The molecule has 2 aromatic carbocycles. The fraction of sp³-hybridized carbons (Fsp3) is 0.238. The van der Waals surface area contributed by atoms with E-state index >= 15 is 0 Å². The highest BCUT2D eigenvalue weighted by molar-refractivity contribution is 5.95. The molecule has 0 aliphatic carbocycles. The third kappa shape index (κ3) is 4.17. The van der Waals surface area contributed by atoms with Crippen LogP contribution < -0.4 is 10.2 Å². The second-order valence-electron chi connectivity index (χ2n) is 6.34. The number of hydrogen-bond donors (Lipinski definition) is 1. The van der Waals surface area contributed by atoms with Crippen molar-refractivity contribution >= 4 is 23.1 Å². The topological polar surface area (TPSA) is 49.4 Å². The summed E-state index contributed by atoms with van der Waals surface area (Å²) in [5.74, 6) is -0.467. The van der Waals surface area contributed by atoms with Crippen molar-refractivity contribution in [1.29, 1.82) is 0 Å². The molecule has 5 heteroatoms. The van der Waals surface area contributed by atoms with Gasteiger partial charge in [0.1, 0.15) is 5.82 Å². The molecule has 0 unspecified atom stereocenters. The fourth-order valence-electron chi connectivity index (χ4n) is 3.01. The van der Waals surface area contributed by atoms with Crippen LogP contribution in [0.15, 0.2) is 54.6 Å². The molecule has 0 saturated carbocycles. The van der Waals surface area contributed by atoms with E-state index in [1.165, 1.54) is 12.1 Å². The maximum absolute atomic E-state index is 13.7. The molecule has 2 amide bonds. The van der Waals surface area contributed by atoms with Crippen LogP contribution in [0.3, 0.4) is 0 Å². The molecular formula is C21H21FN2O2. The van der Waals surface area contributed by atoms with Gasteiger partial charge < -0.3 is 10.2 Å². The Labute approximate surface area is 152 Å². The summed E-state index contributed by atoms with van der Waals surface area (Å²) in [6.45, 7) is 2.84. The summed E-state index contributed by atoms with van der Waals surface area (Å²) in [6.07, 6.45) is 2.89. The van der Waals surface area contributed by atoms with Gasteiger partial charge in [-0.25, -0.2) is 4.39 Å². The van der Waals surface area contributed by atoms with Crippen LogP contribution in [0, 0.1) is 5.82 Å². The van der Waals surface area contributed by atoms with Crippen LogP contribution in [-0.4, -0.2) is 18.4 Å². The van der Waals surface area contributed by atoms with Crippen LogP contribution in [0.1, 0.15) is 30.9 Å². The molecule has 0 radical (unpaired) electrons. The molecule has 0 aromatic heterocycles. The molecule has 2 aromatic rings. The van der Waals surface area contributed by atoms with Gasteiger partial charge in [-0.05, 0) is 42.7 Å². The average molecular weight is 352 g/mol. The molecule has 0 spiro atoms. The summed E-state index contributed by atoms with van der Waals surface area (Å²) in [4.78, 5) is 25.6. The van der Waals surface area contributed by atoms with E-state index in [-0.39, 0.29) is 17.6 Å². The number of rotatable bonds is 5. The van der Waals surface area contributed by atoms with Gasteiger partial charge in [0.05, 0.1) is 0 Å². The molecule has 1 saturated heterocycles. The van der Waals surface area contributed by atoms with E-state index < -0.39 is 0 Å². The number of hydrogen-bond acceptors (Lipinski definition) is 2. The van der Waals surface area contributed by atoms with Gasteiger partial charge in [0.2, 0.25) is 11.8 Å². The van der Waals surface area contributed by atoms with Gasteiger partial charge in [-0.2, -0.15) is 0 Å². The lowest BCUT2D eigenvalue weighted by molar-refractivity contribution is -0.117. The Balaban J connectivity index is 1.58. The second kappa shape index (κ2) is 7.95. The van der Waals surface area contributed by atoms with Crippen molar-refractivity contribution in [2.24, 2.45) is 0 Å². The zero-order valence-corrected chi connectivity index (χ0v) is 14.7. The van der Waals surface area contributed by atoms with Crippen LogP contribution in [0.5, 0.6) is 0 Å². The number of nitrogens with zero attached hydrogens (tertiary/aromatic N) is 1. The molecule has 1 aliphatic heterocycles. The van der Waals surface area contributed by atoms with Crippen LogP contribution in [-0.2, 0) is 16.1 Å². The molecule has 3 rings (SSSR count). The fourth-order valence-corrected chi connectivity index (χ4v) is 3.01. The van der Waals surface area contributed by atoms with E-state index in [0.29, 0.717) is 24.1 Å². The van der Waals surface area contributed by atoms with Crippen molar-refractivity contribution in [1.82, 2.24) is 5.32 Å². The molecule has 4 nitrogen and oxygen atoms in total. The van der Waals surface area contributed by atoms with Gasteiger partial charge in [0, 0.05) is 36.8 Å².